The number of aromatic nitrogens is 1. The van der Waals surface area contributed by atoms with Crippen molar-refractivity contribution in [2.45, 2.75) is 19.4 Å². The lowest BCUT2D eigenvalue weighted by Gasteiger charge is -2.15. The molecule has 0 fully saturated rings. The zero-order valence-corrected chi connectivity index (χ0v) is 11.7. The van der Waals surface area contributed by atoms with E-state index in [0.29, 0.717) is 6.61 Å². The van der Waals surface area contributed by atoms with E-state index in [1.54, 1.807) is 7.11 Å². The Kier molecular flexibility index (Phi) is 3.42. The van der Waals surface area contributed by atoms with Crippen LogP contribution in [0, 0.1) is 0 Å². The molecule has 0 spiro atoms. The van der Waals surface area contributed by atoms with Gasteiger partial charge in [0, 0.05) is 17.7 Å². The molecule has 3 rings (SSSR count). The highest BCUT2D eigenvalue weighted by molar-refractivity contribution is 5.50. The van der Waals surface area contributed by atoms with Gasteiger partial charge in [-0.2, -0.15) is 0 Å². The maximum atomic E-state index is 5.90. The van der Waals surface area contributed by atoms with Gasteiger partial charge in [-0.15, -0.1) is 0 Å². The summed E-state index contributed by atoms with van der Waals surface area (Å²) in [5.41, 5.74) is 3.30. The summed E-state index contributed by atoms with van der Waals surface area (Å²) in [6.45, 7) is 2.53. The van der Waals surface area contributed by atoms with Crippen molar-refractivity contribution in [3.63, 3.8) is 0 Å². The summed E-state index contributed by atoms with van der Waals surface area (Å²) in [6, 6.07) is 10.0. The molecule has 0 amide bonds. The molecule has 1 aromatic carbocycles. The molecule has 102 valence electrons. The first kappa shape index (κ1) is 12.7. The van der Waals surface area contributed by atoms with Gasteiger partial charge in [-0.3, -0.25) is 4.98 Å². The van der Waals surface area contributed by atoms with Gasteiger partial charge < -0.3 is 9.47 Å². The minimum atomic E-state index is 0.149. The molecule has 2 heterocycles. The van der Waals surface area contributed by atoms with Gasteiger partial charge in [-0.05, 0) is 36.8 Å². The molecule has 20 heavy (non-hydrogen) atoms. The van der Waals surface area contributed by atoms with Crippen LogP contribution in [0.25, 0.3) is 0 Å². The van der Waals surface area contributed by atoms with Crippen molar-refractivity contribution >= 4 is 0 Å². The molecule has 0 aliphatic carbocycles. The van der Waals surface area contributed by atoms with Crippen molar-refractivity contribution in [2.24, 2.45) is 0 Å². The maximum absolute atomic E-state index is 5.90. The summed E-state index contributed by atoms with van der Waals surface area (Å²) in [4.78, 5) is 4.45. The standard InChI is InChI=1S/C17H17NO2/c1-3-5-13-14-6-4-9-18-16(14)11-20-17-8-7-12(19-2)10-15(13)17/h3-10,13H,11H2,1-2H3/b5-3+. The van der Waals surface area contributed by atoms with E-state index in [1.165, 1.54) is 5.56 Å². The molecule has 1 aromatic heterocycles. The van der Waals surface area contributed by atoms with Crippen molar-refractivity contribution in [3.8, 4) is 11.5 Å². The van der Waals surface area contributed by atoms with Crippen LogP contribution in [-0.4, -0.2) is 12.1 Å². The average Bonchev–Trinajstić information content (AvgIpc) is 2.65. The molecular formula is C17H17NO2. The van der Waals surface area contributed by atoms with Crippen molar-refractivity contribution in [2.75, 3.05) is 7.11 Å². The van der Waals surface area contributed by atoms with Crippen LogP contribution in [0.4, 0.5) is 0 Å². The fraction of sp³-hybridized carbons (Fsp3) is 0.235. The molecular weight excluding hydrogens is 250 g/mol. The normalized spacial score (nSPS) is 17.0. The first-order valence-corrected chi connectivity index (χ1v) is 6.71. The number of benzene rings is 1. The van der Waals surface area contributed by atoms with Crippen LogP contribution < -0.4 is 9.47 Å². The summed E-state index contributed by atoms with van der Waals surface area (Å²) >= 11 is 0. The Hall–Kier alpha value is -2.29. The van der Waals surface area contributed by atoms with Gasteiger partial charge in [0.05, 0.1) is 12.8 Å². The van der Waals surface area contributed by atoms with E-state index < -0.39 is 0 Å². The lowest BCUT2D eigenvalue weighted by atomic mass is 9.90. The van der Waals surface area contributed by atoms with Crippen molar-refractivity contribution in [1.82, 2.24) is 4.98 Å². The minimum absolute atomic E-state index is 0.149. The Morgan fingerprint density at radius 1 is 1.30 bits per heavy atom. The molecule has 0 saturated heterocycles. The Labute approximate surface area is 118 Å². The molecule has 1 aliphatic rings. The van der Waals surface area contributed by atoms with E-state index in [-0.39, 0.29) is 5.92 Å². The van der Waals surface area contributed by atoms with E-state index in [9.17, 15) is 0 Å². The van der Waals surface area contributed by atoms with Crippen LogP contribution in [0.2, 0.25) is 0 Å². The van der Waals surface area contributed by atoms with Gasteiger partial charge in [-0.1, -0.05) is 18.2 Å². The molecule has 3 heteroatoms. The number of methoxy groups -OCH3 is 1. The summed E-state index contributed by atoms with van der Waals surface area (Å²) in [7, 11) is 1.68. The van der Waals surface area contributed by atoms with Crippen LogP contribution in [0.1, 0.15) is 29.7 Å². The molecule has 2 aromatic rings. The molecule has 0 N–H and O–H groups in total. The first-order chi connectivity index (χ1) is 9.83. The molecule has 0 bridgehead atoms. The highest BCUT2D eigenvalue weighted by Crippen LogP contribution is 2.39. The summed E-state index contributed by atoms with van der Waals surface area (Å²) in [6.07, 6.45) is 6.05. The first-order valence-electron chi connectivity index (χ1n) is 6.71. The Morgan fingerprint density at radius 2 is 2.20 bits per heavy atom. The Bertz CT molecular complexity index is 649. The number of fused-ring (bicyclic) bond motifs is 2. The monoisotopic (exact) mass is 267 g/mol. The third kappa shape index (κ3) is 2.16. The topological polar surface area (TPSA) is 31.4 Å². The summed E-state index contributed by atoms with van der Waals surface area (Å²) < 4.78 is 11.2. The number of ether oxygens (including phenoxy) is 2. The quantitative estimate of drug-likeness (QED) is 0.778. The second-order valence-corrected chi connectivity index (χ2v) is 4.74. The number of hydrogen-bond donors (Lipinski definition) is 0. The number of nitrogens with zero attached hydrogens (tertiary/aromatic N) is 1. The number of pyridine rings is 1. The molecule has 1 unspecified atom stereocenters. The zero-order valence-electron chi connectivity index (χ0n) is 11.7. The smallest absolute Gasteiger partial charge is 0.131 e. The molecule has 1 aliphatic heterocycles. The van der Waals surface area contributed by atoms with Gasteiger partial charge >= 0.3 is 0 Å². The van der Waals surface area contributed by atoms with Crippen LogP contribution >= 0.6 is 0 Å². The molecule has 0 saturated carbocycles. The van der Waals surface area contributed by atoms with E-state index in [4.69, 9.17) is 9.47 Å². The third-order valence-corrected chi connectivity index (χ3v) is 3.56. The van der Waals surface area contributed by atoms with Crippen LogP contribution in [0.5, 0.6) is 11.5 Å². The zero-order chi connectivity index (χ0) is 13.9. The predicted molar refractivity (Wildman–Crippen MR) is 78.2 cm³/mol. The van der Waals surface area contributed by atoms with Gasteiger partial charge in [0.2, 0.25) is 0 Å². The largest absolute Gasteiger partial charge is 0.497 e. The van der Waals surface area contributed by atoms with Crippen molar-refractivity contribution in [1.29, 1.82) is 0 Å². The second-order valence-electron chi connectivity index (χ2n) is 4.74. The van der Waals surface area contributed by atoms with Crippen molar-refractivity contribution < 1.29 is 9.47 Å². The third-order valence-electron chi connectivity index (χ3n) is 3.56. The fourth-order valence-corrected chi connectivity index (χ4v) is 2.60. The highest BCUT2D eigenvalue weighted by atomic mass is 16.5. The van der Waals surface area contributed by atoms with Crippen LogP contribution in [0.3, 0.4) is 0 Å². The molecule has 3 nitrogen and oxygen atoms in total. The van der Waals surface area contributed by atoms with E-state index in [0.717, 1.165) is 22.8 Å². The van der Waals surface area contributed by atoms with Crippen LogP contribution in [0.15, 0.2) is 48.7 Å². The number of rotatable bonds is 2. The Morgan fingerprint density at radius 3 is 3.00 bits per heavy atom. The molecule has 0 radical (unpaired) electrons. The fourth-order valence-electron chi connectivity index (χ4n) is 2.60. The predicted octanol–water partition coefficient (Wildman–Crippen LogP) is 3.69. The second kappa shape index (κ2) is 5.37. The SMILES string of the molecule is C/C=C/C1c2cc(OC)ccc2OCc2ncccc21. The summed E-state index contributed by atoms with van der Waals surface area (Å²) in [5.74, 6) is 1.89. The van der Waals surface area contributed by atoms with Crippen LogP contribution in [-0.2, 0) is 6.61 Å². The average molecular weight is 267 g/mol. The lowest BCUT2D eigenvalue weighted by molar-refractivity contribution is 0.301. The van der Waals surface area contributed by atoms with Gasteiger partial charge in [-0.25, -0.2) is 0 Å². The number of hydrogen-bond acceptors (Lipinski definition) is 3. The minimum Gasteiger partial charge on any atom is -0.497 e. The van der Waals surface area contributed by atoms with Gasteiger partial charge in [0.1, 0.15) is 18.1 Å². The highest BCUT2D eigenvalue weighted by Gasteiger charge is 2.23. The van der Waals surface area contributed by atoms with E-state index >= 15 is 0 Å². The van der Waals surface area contributed by atoms with Crippen molar-refractivity contribution in [3.05, 3.63) is 65.5 Å². The van der Waals surface area contributed by atoms with Gasteiger partial charge in [0.15, 0.2) is 0 Å². The molecule has 1 atom stereocenters. The van der Waals surface area contributed by atoms with E-state index in [2.05, 4.69) is 23.2 Å². The Balaban J connectivity index is 2.19. The van der Waals surface area contributed by atoms with Gasteiger partial charge in [0.25, 0.3) is 0 Å². The maximum Gasteiger partial charge on any atom is 0.131 e. The number of allylic oxidation sites excluding steroid dienone is 2. The lowest BCUT2D eigenvalue weighted by Crippen LogP contribution is -2.01. The van der Waals surface area contributed by atoms with E-state index in [1.807, 2.05) is 37.4 Å². The summed E-state index contributed by atoms with van der Waals surface area (Å²) in [5, 5.41) is 0.